The molecule has 0 radical (unpaired) electrons. The number of piperidine rings is 3. The molecule has 3 fully saturated rings. The maximum Gasteiger partial charge on any atom is 0.262 e. The number of imide groups is 2. The first-order valence-electron chi connectivity index (χ1n) is 21.3. The highest BCUT2D eigenvalue weighted by Crippen LogP contribution is 2.47. The summed E-state index contributed by atoms with van der Waals surface area (Å²) in [5, 5.41) is 12.5. The average Bonchev–Trinajstić information content (AvgIpc) is 3.79. The minimum Gasteiger partial charge on any atom is -0.508 e. The van der Waals surface area contributed by atoms with Gasteiger partial charge in [0.05, 0.1) is 11.1 Å². The van der Waals surface area contributed by atoms with E-state index in [-0.39, 0.29) is 36.5 Å². The van der Waals surface area contributed by atoms with Crippen LogP contribution in [0, 0.1) is 5.92 Å². The maximum absolute atomic E-state index is 13.8. The van der Waals surface area contributed by atoms with Crippen LogP contribution in [-0.4, -0.2) is 87.6 Å². The van der Waals surface area contributed by atoms with E-state index in [2.05, 4.69) is 80.7 Å². The van der Waals surface area contributed by atoms with Crippen LogP contribution in [0.3, 0.4) is 0 Å². The number of aryl methyl sites for hydroxylation is 1. The van der Waals surface area contributed by atoms with Gasteiger partial charge in [-0.3, -0.25) is 39.1 Å². The summed E-state index contributed by atoms with van der Waals surface area (Å²) in [4.78, 5) is 72.6. The molecule has 3 atom stereocenters. The number of phenolic OH excluding ortho intramolecular Hbond substituents is 1. The molecule has 0 bridgehead atoms. The smallest absolute Gasteiger partial charge is 0.262 e. The van der Waals surface area contributed by atoms with Crippen molar-refractivity contribution >= 4 is 35.2 Å². The van der Waals surface area contributed by atoms with Crippen molar-refractivity contribution in [2.75, 3.05) is 31.1 Å². The van der Waals surface area contributed by atoms with Gasteiger partial charge in [0.15, 0.2) is 0 Å². The van der Waals surface area contributed by atoms with E-state index in [4.69, 9.17) is 0 Å². The molecule has 0 saturated carbocycles. The lowest BCUT2D eigenvalue weighted by atomic mass is 9.69. The quantitative estimate of drug-likeness (QED) is 0.232. The van der Waals surface area contributed by atoms with Crippen LogP contribution in [0.2, 0.25) is 0 Å². The summed E-state index contributed by atoms with van der Waals surface area (Å²) in [5.74, 6) is -0.752. The summed E-state index contributed by atoms with van der Waals surface area (Å²) in [6.45, 7) is 4.48. The van der Waals surface area contributed by atoms with Crippen molar-refractivity contribution < 1.29 is 29.1 Å². The van der Waals surface area contributed by atoms with Gasteiger partial charge < -0.3 is 14.9 Å². The van der Waals surface area contributed by atoms with Crippen molar-refractivity contribution in [1.82, 2.24) is 20.0 Å². The molecule has 10 rings (SSSR count). The molecular formula is C48H49N5O6. The fraction of sp³-hybridized carbons (Fsp3) is 0.396. The van der Waals surface area contributed by atoms with Crippen LogP contribution in [0.15, 0.2) is 84.9 Å². The molecule has 3 unspecified atom stereocenters. The van der Waals surface area contributed by atoms with E-state index in [1.165, 1.54) is 27.9 Å². The SMILES string of the molecule is O=C1CCC(N2C(=O)c3cc4c(cc3C2=O)CN(C2CCN(C(=O)C3CCN(c5ccc(C6c7ccc(O)cc7CCC6c6ccccc6)cc5)CC3)CC2)C4)C(=O)N1. The summed E-state index contributed by atoms with van der Waals surface area (Å²) in [6.07, 6.45) is 5.64. The molecule has 3 saturated heterocycles. The van der Waals surface area contributed by atoms with Crippen molar-refractivity contribution in [3.05, 3.63) is 129 Å². The number of nitrogens with one attached hydrogen (secondary N) is 1. The minimum atomic E-state index is -0.970. The van der Waals surface area contributed by atoms with Gasteiger partial charge in [0.1, 0.15) is 11.8 Å². The van der Waals surface area contributed by atoms with E-state index in [9.17, 15) is 29.1 Å². The Kier molecular flexibility index (Phi) is 9.58. The molecule has 11 nitrogen and oxygen atoms in total. The highest BCUT2D eigenvalue weighted by molar-refractivity contribution is 6.23. The molecular weight excluding hydrogens is 743 g/mol. The Morgan fingerprint density at radius 3 is 2.00 bits per heavy atom. The van der Waals surface area contributed by atoms with Crippen molar-refractivity contribution in [1.29, 1.82) is 0 Å². The fourth-order valence-electron chi connectivity index (χ4n) is 10.9. The van der Waals surface area contributed by atoms with Crippen molar-refractivity contribution in [2.45, 2.75) is 88.4 Å². The number of aromatic hydroxyl groups is 1. The molecule has 0 aromatic heterocycles. The van der Waals surface area contributed by atoms with Crippen LogP contribution >= 0.6 is 0 Å². The summed E-state index contributed by atoms with van der Waals surface area (Å²) >= 11 is 0. The Bertz CT molecular complexity index is 2300. The first kappa shape index (κ1) is 37.5. The zero-order chi connectivity index (χ0) is 40.4. The molecule has 5 amide bonds. The Hall–Kier alpha value is -5.81. The summed E-state index contributed by atoms with van der Waals surface area (Å²) in [7, 11) is 0. The van der Waals surface area contributed by atoms with Gasteiger partial charge in [-0.1, -0.05) is 48.5 Å². The molecule has 11 heteroatoms. The summed E-state index contributed by atoms with van der Waals surface area (Å²) in [5.41, 5.74) is 9.04. The Labute approximate surface area is 344 Å². The number of fused-ring (bicyclic) bond motifs is 3. The number of anilines is 1. The standard InChI is InChI=1S/C48H49N5O6/c54-37-11-13-39-32(24-37)8-12-38(29-4-2-1-3-5-29)44(39)30-6-9-35(10-7-30)50-20-16-31(17-21-50)46(57)51-22-18-36(19-23-51)52-27-33-25-40-41(26-34(33)28-52)48(59)53(47(40)58)42-14-15-43(55)49-45(42)56/h1-7,9-11,13,24-26,31,36,38,42,44,54H,8,12,14-23,27-28H2,(H,49,55,56). The van der Waals surface area contributed by atoms with E-state index in [0.29, 0.717) is 41.9 Å². The van der Waals surface area contributed by atoms with E-state index >= 15 is 0 Å². The number of hydrogen-bond acceptors (Lipinski definition) is 8. The number of rotatable bonds is 6. The van der Waals surface area contributed by atoms with Gasteiger partial charge in [0.25, 0.3) is 11.8 Å². The number of phenols is 1. The van der Waals surface area contributed by atoms with Gasteiger partial charge in [0.2, 0.25) is 17.7 Å². The molecule has 4 aromatic carbocycles. The number of nitrogens with zero attached hydrogens (tertiary/aromatic N) is 4. The number of amides is 5. The van der Waals surface area contributed by atoms with Gasteiger partial charge in [-0.25, -0.2) is 0 Å². The fourth-order valence-corrected chi connectivity index (χ4v) is 10.9. The van der Waals surface area contributed by atoms with E-state index < -0.39 is 23.8 Å². The number of hydrogen-bond donors (Lipinski definition) is 2. The maximum atomic E-state index is 13.8. The van der Waals surface area contributed by atoms with Crippen LogP contribution in [0.25, 0.3) is 0 Å². The molecule has 4 aromatic rings. The lowest BCUT2D eigenvalue weighted by Crippen LogP contribution is -2.54. The summed E-state index contributed by atoms with van der Waals surface area (Å²) < 4.78 is 0. The van der Waals surface area contributed by atoms with Crippen LogP contribution in [0.1, 0.15) is 111 Å². The van der Waals surface area contributed by atoms with Gasteiger partial charge >= 0.3 is 0 Å². The molecule has 1 aliphatic carbocycles. The average molecular weight is 792 g/mol. The normalized spacial score (nSPS) is 23.9. The largest absolute Gasteiger partial charge is 0.508 e. The van der Waals surface area contributed by atoms with E-state index in [0.717, 1.165) is 80.7 Å². The van der Waals surface area contributed by atoms with Gasteiger partial charge in [-0.2, -0.15) is 0 Å². The molecule has 2 N–H and O–H groups in total. The summed E-state index contributed by atoms with van der Waals surface area (Å²) in [6, 6.07) is 28.7. The third-order valence-corrected chi connectivity index (χ3v) is 14.1. The second-order valence-corrected chi connectivity index (χ2v) is 17.3. The number of benzene rings is 4. The Morgan fingerprint density at radius 1 is 0.661 bits per heavy atom. The second kappa shape index (κ2) is 15.1. The van der Waals surface area contributed by atoms with Crippen molar-refractivity contribution in [3.8, 4) is 5.75 Å². The first-order chi connectivity index (χ1) is 28.7. The Morgan fingerprint density at radius 2 is 1.34 bits per heavy atom. The molecule has 6 aliphatic rings. The third-order valence-electron chi connectivity index (χ3n) is 14.1. The van der Waals surface area contributed by atoms with Crippen LogP contribution in [-0.2, 0) is 33.9 Å². The monoisotopic (exact) mass is 791 g/mol. The minimum absolute atomic E-state index is 0.0251. The van der Waals surface area contributed by atoms with Gasteiger partial charge in [-0.15, -0.1) is 0 Å². The topological polar surface area (TPSA) is 131 Å². The highest BCUT2D eigenvalue weighted by atomic mass is 16.3. The number of carbonyl (C=O) groups is 5. The molecule has 302 valence electrons. The second-order valence-electron chi connectivity index (χ2n) is 17.3. The lowest BCUT2D eigenvalue weighted by Gasteiger charge is -2.40. The van der Waals surface area contributed by atoms with Crippen LogP contribution < -0.4 is 10.2 Å². The molecule has 5 aliphatic heterocycles. The van der Waals surface area contributed by atoms with Crippen molar-refractivity contribution in [3.63, 3.8) is 0 Å². The lowest BCUT2D eigenvalue weighted by molar-refractivity contribution is -0.138. The van der Waals surface area contributed by atoms with Gasteiger partial charge in [0, 0.05) is 69.3 Å². The van der Waals surface area contributed by atoms with Crippen LogP contribution in [0.4, 0.5) is 5.69 Å². The predicted molar refractivity (Wildman–Crippen MR) is 221 cm³/mol. The first-order valence-corrected chi connectivity index (χ1v) is 21.3. The predicted octanol–water partition coefficient (Wildman–Crippen LogP) is 5.88. The molecule has 59 heavy (non-hydrogen) atoms. The molecule has 5 heterocycles. The molecule has 0 spiro atoms. The highest BCUT2D eigenvalue weighted by Gasteiger charge is 2.46. The van der Waals surface area contributed by atoms with E-state index in [1.807, 2.05) is 24.3 Å². The van der Waals surface area contributed by atoms with Gasteiger partial charge in [-0.05, 0) is 121 Å². The van der Waals surface area contributed by atoms with Crippen molar-refractivity contribution in [2.24, 2.45) is 5.92 Å². The van der Waals surface area contributed by atoms with E-state index in [1.54, 1.807) is 0 Å². The number of carbonyl (C=O) groups excluding carboxylic acids is 5. The zero-order valence-corrected chi connectivity index (χ0v) is 33.1. The Balaban J connectivity index is 0.731. The zero-order valence-electron chi connectivity index (χ0n) is 33.1. The van der Waals surface area contributed by atoms with Crippen LogP contribution in [0.5, 0.6) is 5.75 Å². The third kappa shape index (κ3) is 6.79. The number of likely N-dealkylation sites (tertiary alicyclic amines) is 1.